The second kappa shape index (κ2) is 5.47. The molecule has 3 nitrogen and oxygen atoms in total. The standard InChI is InChI=1S/C15H24FN3/c1-10-8-19(9-11(2)18(10)4)14-7-5-6-13(16)15(14)12(3)17/h5-7,10-12H,8-9,17H2,1-4H3/t10?,11?,12-/m0/s1. The van der Waals surface area contributed by atoms with E-state index in [9.17, 15) is 4.39 Å². The van der Waals surface area contributed by atoms with Crippen molar-refractivity contribution in [3.05, 3.63) is 29.6 Å². The number of hydrogen-bond donors (Lipinski definition) is 1. The van der Waals surface area contributed by atoms with Crippen LogP contribution in [0.4, 0.5) is 10.1 Å². The van der Waals surface area contributed by atoms with Crippen LogP contribution in [0.5, 0.6) is 0 Å². The zero-order valence-electron chi connectivity index (χ0n) is 12.2. The highest BCUT2D eigenvalue weighted by Crippen LogP contribution is 2.30. The van der Waals surface area contributed by atoms with Crippen molar-refractivity contribution in [2.45, 2.75) is 38.9 Å². The Morgan fingerprint density at radius 3 is 2.37 bits per heavy atom. The number of nitrogens with two attached hydrogens (primary N) is 1. The summed E-state index contributed by atoms with van der Waals surface area (Å²) in [6, 6.07) is 5.85. The van der Waals surface area contributed by atoms with Gasteiger partial charge in [-0.2, -0.15) is 0 Å². The number of likely N-dealkylation sites (N-methyl/N-ethyl adjacent to an activating group) is 1. The summed E-state index contributed by atoms with van der Waals surface area (Å²) in [5.41, 5.74) is 7.52. The molecule has 1 aliphatic heterocycles. The van der Waals surface area contributed by atoms with E-state index in [1.165, 1.54) is 6.07 Å². The Balaban J connectivity index is 2.35. The minimum atomic E-state index is -0.290. The third-order valence-corrected chi connectivity index (χ3v) is 4.19. The van der Waals surface area contributed by atoms with Gasteiger partial charge in [-0.15, -0.1) is 0 Å². The van der Waals surface area contributed by atoms with E-state index in [1.807, 2.05) is 13.0 Å². The third-order valence-electron chi connectivity index (χ3n) is 4.19. The minimum absolute atomic E-state index is 0.202. The highest BCUT2D eigenvalue weighted by molar-refractivity contribution is 5.56. The maximum atomic E-state index is 14.0. The first-order valence-corrected chi connectivity index (χ1v) is 6.92. The second-order valence-electron chi connectivity index (χ2n) is 5.73. The summed E-state index contributed by atoms with van der Waals surface area (Å²) in [5.74, 6) is -0.202. The van der Waals surface area contributed by atoms with Crippen molar-refractivity contribution >= 4 is 5.69 Å². The number of piperazine rings is 1. The van der Waals surface area contributed by atoms with E-state index in [1.54, 1.807) is 6.07 Å². The third kappa shape index (κ3) is 2.74. The molecule has 2 unspecified atom stereocenters. The summed E-state index contributed by atoms with van der Waals surface area (Å²) >= 11 is 0. The lowest BCUT2D eigenvalue weighted by Gasteiger charge is -2.44. The lowest BCUT2D eigenvalue weighted by molar-refractivity contribution is 0.170. The Kier molecular flexibility index (Phi) is 4.11. The van der Waals surface area contributed by atoms with Gasteiger partial charge in [0.15, 0.2) is 0 Å². The average molecular weight is 265 g/mol. The van der Waals surface area contributed by atoms with E-state index in [2.05, 4.69) is 30.7 Å². The predicted octanol–water partition coefficient (Wildman–Crippen LogP) is 2.37. The van der Waals surface area contributed by atoms with Crippen molar-refractivity contribution in [3.63, 3.8) is 0 Å². The quantitative estimate of drug-likeness (QED) is 0.891. The van der Waals surface area contributed by atoms with Gasteiger partial charge >= 0.3 is 0 Å². The Morgan fingerprint density at radius 2 is 1.84 bits per heavy atom. The van der Waals surface area contributed by atoms with Crippen LogP contribution in [0, 0.1) is 5.82 Å². The molecule has 0 saturated carbocycles. The number of anilines is 1. The molecule has 4 heteroatoms. The summed E-state index contributed by atoms with van der Waals surface area (Å²) in [7, 11) is 2.14. The first-order valence-electron chi connectivity index (χ1n) is 6.92. The molecule has 0 bridgehead atoms. The van der Waals surface area contributed by atoms with Crippen molar-refractivity contribution in [1.82, 2.24) is 4.90 Å². The Morgan fingerprint density at radius 1 is 1.26 bits per heavy atom. The molecular weight excluding hydrogens is 241 g/mol. The molecule has 1 fully saturated rings. The normalized spacial score (nSPS) is 26.5. The molecule has 0 aromatic heterocycles. The van der Waals surface area contributed by atoms with Gasteiger partial charge in [0.1, 0.15) is 5.82 Å². The van der Waals surface area contributed by atoms with Gasteiger partial charge < -0.3 is 10.6 Å². The fraction of sp³-hybridized carbons (Fsp3) is 0.600. The van der Waals surface area contributed by atoms with Crippen molar-refractivity contribution in [2.24, 2.45) is 5.73 Å². The summed E-state index contributed by atoms with van der Waals surface area (Å²) in [6.45, 7) is 8.06. The fourth-order valence-electron chi connectivity index (χ4n) is 2.85. The van der Waals surface area contributed by atoms with Crippen LogP contribution in [0.3, 0.4) is 0 Å². The molecule has 1 heterocycles. The molecule has 0 amide bonds. The number of nitrogens with zero attached hydrogens (tertiary/aromatic N) is 2. The van der Waals surface area contributed by atoms with E-state index >= 15 is 0 Å². The van der Waals surface area contributed by atoms with Crippen LogP contribution >= 0.6 is 0 Å². The topological polar surface area (TPSA) is 32.5 Å². The summed E-state index contributed by atoms with van der Waals surface area (Å²) in [6.07, 6.45) is 0. The van der Waals surface area contributed by atoms with E-state index < -0.39 is 0 Å². The fourth-order valence-corrected chi connectivity index (χ4v) is 2.85. The first kappa shape index (κ1) is 14.3. The molecule has 1 aromatic rings. The van der Waals surface area contributed by atoms with Crippen molar-refractivity contribution < 1.29 is 4.39 Å². The van der Waals surface area contributed by atoms with Crippen LogP contribution in [-0.4, -0.2) is 37.1 Å². The number of rotatable bonds is 2. The van der Waals surface area contributed by atoms with E-state index in [0.29, 0.717) is 17.6 Å². The Hall–Kier alpha value is -1.13. The van der Waals surface area contributed by atoms with Crippen molar-refractivity contribution in [3.8, 4) is 0 Å². The summed E-state index contributed by atoms with van der Waals surface area (Å²) in [5, 5.41) is 0. The number of benzene rings is 1. The summed E-state index contributed by atoms with van der Waals surface area (Å²) < 4.78 is 14.0. The van der Waals surface area contributed by atoms with Crippen LogP contribution in [-0.2, 0) is 0 Å². The lowest BCUT2D eigenvalue weighted by atomic mass is 10.0. The molecule has 2 rings (SSSR count). The number of halogens is 1. The van der Waals surface area contributed by atoms with Gasteiger partial charge in [0.25, 0.3) is 0 Å². The molecule has 19 heavy (non-hydrogen) atoms. The Labute approximate surface area is 115 Å². The SMILES string of the molecule is CC1CN(c2cccc(F)c2[C@H](C)N)CC(C)N1C. The predicted molar refractivity (Wildman–Crippen MR) is 77.9 cm³/mol. The average Bonchev–Trinajstić information content (AvgIpc) is 2.34. The molecule has 1 saturated heterocycles. The van der Waals surface area contributed by atoms with Gasteiger partial charge in [0, 0.05) is 42.5 Å². The smallest absolute Gasteiger partial charge is 0.130 e. The minimum Gasteiger partial charge on any atom is -0.368 e. The van der Waals surface area contributed by atoms with E-state index in [-0.39, 0.29) is 11.9 Å². The van der Waals surface area contributed by atoms with Gasteiger partial charge in [0.05, 0.1) is 0 Å². The molecule has 3 atom stereocenters. The van der Waals surface area contributed by atoms with Gasteiger partial charge in [-0.25, -0.2) is 4.39 Å². The van der Waals surface area contributed by atoms with Crippen LogP contribution < -0.4 is 10.6 Å². The molecule has 2 N–H and O–H groups in total. The van der Waals surface area contributed by atoms with E-state index in [4.69, 9.17) is 5.73 Å². The molecule has 0 radical (unpaired) electrons. The van der Waals surface area contributed by atoms with Crippen molar-refractivity contribution in [1.29, 1.82) is 0 Å². The summed E-state index contributed by atoms with van der Waals surface area (Å²) in [4.78, 5) is 4.62. The monoisotopic (exact) mass is 265 g/mol. The van der Waals surface area contributed by atoms with Crippen LogP contribution in [0.25, 0.3) is 0 Å². The van der Waals surface area contributed by atoms with Gasteiger partial charge in [-0.3, -0.25) is 4.90 Å². The van der Waals surface area contributed by atoms with Gasteiger partial charge in [0.2, 0.25) is 0 Å². The molecule has 106 valence electrons. The van der Waals surface area contributed by atoms with E-state index in [0.717, 1.165) is 18.8 Å². The van der Waals surface area contributed by atoms with Crippen molar-refractivity contribution in [2.75, 3.05) is 25.0 Å². The first-order chi connectivity index (χ1) is 8.91. The van der Waals surface area contributed by atoms with Crippen LogP contribution in [0.2, 0.25) is 0 Å². The second-order valence-corrected chi connectivity index (χ2v) is 5.73. The zero-order chi connectivity index (χ0) is 14.2. The Bertz CT molecular complexity index is 435. The highest BCUT2D eigenvalue weighted by Gasteiger charge is 2.28. The van der Waals surface area contributed by atoms with Gasteiger partial charge in [-0.1, -0.05) is 6.07 Å². The molecular formula is C15H24FN3. The molecule has 0 spiro atoms. The number of hydrogen-bond acceptors (Lipinski definition) is 3. The van der Waals surface area contributed by atoms with Gasteiger partial charge in [-0.05, 0) is 40.0 Å². The van der Waals surface area contributed by atoms with Crippen LogP contribution in [0.15, 0.2) is 18.2 Å². The molecule has 1 aliphatic rings. The molecule has 1 aromatic carbocycles. The van der Waals surface area contributed by atoms with Crippen LogP contribution in [0.1, 0.15) is 32.4 Å². The maximum absolute atomic E-state index is 14.0. The molecule has 0 aliphatic carbocycles. The lowest BCUT2D eigenvalue weighted by Crippen LogP contribution is -2.55. The zero-order valence-corrected chi connectivity index (χ0v) is 12.2. The highest BCUT2D eigenvalue weighted by atomic mass is 19.1. The largest absolute Gasteiger partial charge is 0.368 e. The maximum Gasteiger partial charge on any atom is 0.130 e.